The van der Waals surface area contributed by atoms with Gasteiger partial charge in [-0.05, 0) is 47.0 Å². The first-order chi connectivity index (χ1) is 9.24. The Bertz CT molecular complexity index is 597. The maximum Gasteiger partial charge on any atom is 0.248 e. The fourth-order valence-electron chi connectivity index (χ4n) is 2.30. The molecule has 1 aliphatic heterocycles. The molecule has 19 heavy (non-hydrogen) atoms. The van der Waals surface area contributed by atoms with Crippen LogP contribution in [0.2, 0.25) is 0 Å². The highest BCUT2D eigenvalue weighted by Crippen LogP contribution is 2.27. The SMILES string of the molecule is O=C(Cn1cccn1)N1CCCc2nc(Br)ccc21. The molecule has 3 rings (SSSR count). The molecular formula is C13H13BrN4O. The molecular weight excluding hydrogens is 308 g/mol. The molecule has 2 aromatic heterocycles. The molecule has 0 aromatic carbocycles. The lowest BCUT2D eigenvalue weighted by atomic mass is 10.1. The van der Waals surface area contributed by atoms with Crippen LogP contribution in [0.1, 0.15) is 12.1 Å². The standard InChI is InChI=1S/C13H13BrN4O/c14-12-5-4-11-10(16-12)3-1-8-18(11)13(19)9-17-7-2-6-15-17/h2,4-7H,1,3,8-9H2. The van der Waals surface area contributed by atoms with Crippen molar-refractivity contribution in [3.8, 4) is 0 Å². The van der Waals surface area contributed by atoms with Crippen molar-refractivity contribution < 1.29 is 4.79 Å². The summed E-state index contributed by atoms with van der Waals surface area (Å²) in [5.41, 5.74) is 1.90. The molecule has 0 fully saturated rings. The Kier molecular flexibility index (Phi) is 3.33. The smallest absolute Gasteiger partial charge is 0.248 e. The van der Waals surface area contributed by atoms with Crippen molar-refractivity contribution in [2.24, 2.45) is 0 Å². The van der Waals surface area contributed by atoms with Gasteiger partial charge in [0.2, 0.25) is 5.91 Å². The normalized spacial score (nSPS) is 14.3. The first-order valence-electron chi connectivity index (χ1n) is 6.17. The van der Waals surface area contributed by atoms with Gasteiger partial charge in [-0.15, -0.1) is 0 Å². The van der Waals surface area contributed by atoms with E-state index in [1.165, 1.54) is 0 Å². The second-order valence-electron chi connectivity index (χ2n) is 4.45. The van der Waals surface area contributed by atoms with Gasteiger partial charge in [-0.25, -0.2) is 4.98 Å². The number of hydrogen-bond acceptors (Lipinski definition) is 3. The number of hydrogen-bond donors (Lipinski definition) is 0. The number of carbonyl (C=O) groups excluding carboxylic acids is 1. The van der Waals surface area contributed by atoms with Gasteiger partial charge in [0.1, 0.15) is 11.1 Å². The minimum Gasteiger partial charge on any atom is -0.309 e. The maximum atomic E-state index is 12.3. The average Bonchev–Trinajstić information content (AvgIpc) is 2.90. The predicted molar refractivity (Wildman–Crippen MR) is 74.8 cm³/mol. The number of fused-ring (bicyclic) bond motifs is 1. The molecule has 5 nitrogen and oxygen atoms in total. The van der Waals surface area contributed by atoms with Crippen molar-refractivity contribution in [3.63, 3.8) is 0 Å². The van der Waals surface area contributed by atoms with Gasteiger partial charge in [-0.2, -0.15) is 5.10 Å². The summed E-state index contributed by atoms with van der Waals surface area (Å²) in [4.78, 5) is 18.6. The lowest BCUT2D eigenvalue weighted by molar-refractivity contribution is -0.119. The van der Waals surface area contributed by atoms with Crippen LogP contribution in [0.5, 0.6) is 0 Å². The van der Waals surface area contributed by atoms with E-state index in [4.69, 9.17) is 0 Å². The molecule has 0 saturated carbocycles. The topological polar surface area (TPSA) is 51.0 Å². The summed E-state index contributed by atoms with van der Waals surface area (Å²) in [7, 11) is 0. The first kappa shape index (κ1) is 12.3. The van der Waals surface area contributed by atoms with Crippen LogP contribution in [0.25, 0.3) is 0 Å². The predicted octanol–water partition coefficient (Wildman–Crippen LogP) is 2.02. The summed E-state index contributed by atoms with van der Waals surface area (Å²) in [5.74, 6) is 0.0498. The van der Waals surface area contributed by atoms with Gasteiger partial charge in [0.05, 0.1) is 11.4 Å². The zero-order valence-corrected chi connectivity index (χ0v) is 11.9. The summed E-state index contributed by atoms with van der Waals surface area (Å²) < 4.78 is 2.45. The Morgan fingerprint density at radius 3 is 3.11 bits per heavy atom. The molecule has 0 atom stereocenters. The number of rotatable bonds is 2. The number of pyridine rings is 1. The number of amides is 1. The van der Waals surface area contributed by atoms with E-state index in [9.17, 15) is 4.79 Å². The molecule has 0 aliphatic carbocycles. The van der Waals surface area contributed by atoms with Crippen LogP contribution in [0, 0.1) is 0 Å². The maximum absolute atomic E-state index is 12.3. The van der Waals surface area contributed by atoms with Crippen LogP contribution >= 0.6 is 15.9 Å². The Morgan fingerprint density at radius 2 is 2.32 bits per heavy atom. The molecule has 1 amide bonds. The van der Waals surface area contributed by atoms with E-state index in [0.29, 0.717) is 0 Å². The van der Waals surface area contributed by atoms with Gasteiger partial charge in [0.25, 0.3) is 0 Å². The van der Waals surface area contributed by atoms with E-state index in [1.807, 2.05) is 18.2 Å². The van der Waals surface area contributed by atoms with Crippen molar-refractivity contribution in [2.75, 3.05) is 11.4 Å². The zero-order chi connectivity index (χ0) is 13.2. The molecule has 0 N–H and O–H groups in total. The number of carbonyl (C=O) groups is 1. The molecule has 1 aliphatic rings. The van der Waals surface area contributed by atoms with E-state index in [-0.39, 0.29) is 12.5 Å². The third-order valence-corrected chi connectivity index (χ3v) is 3.60. The summed E-state index contributed by atoms with van der Waals surface area (Å²) in [6, 6.07) is 5.64. The highest BCUT2D eigenvalue weighted by Gasteiger charge is 2.23. The fraction of sp³-hybridized carbons (Fsp3) is 0.308. The van der Waals surface area contributed by atoms with Gasteiger partial charge >= 0.3 is 0 Å². The van der Waals surface area contributed by atoms with Gasteiger partial charge in [0, 0.05) is 18.9 Å². The summed E-state index contributed by atoms with van der Waals surface area (Å²) in [5, 5.41) is 4.07. The third kappa shape index (κ3) is 2.53. The van der Waals surface area contributed by atoms with Crippen molar-refractivity contribution in [1.82, 2.24) is 14.8 Å². The highest BCUT2D eigenvalue weighted by molar-refractivity contribution is 9.10. The Labute approximate surface area is 119 Å². The molecule has 2 aromatic rings. The molecule has 0 saturated heterocycles. The number of anilines is 1. The Balaban J connectivity index is 1.85. The third-order valence-electron chi connectivity index (χ3n) is 3.16. The minimum atomic E-state index is 0.0498. The van der Waals surface area contributed by atoms with Crippen molar-refractivity contribution in [1.29, 1.82) is 0 Å². The molecule has 0 spiro atoms. The summed E-state index contributed by atoms with van der Waals surface area (Å²) in [6.45, 7) is 1.01. The molecule has 6 heteroatoms. The summed E-state index contributed by atoms with van der Waals surface area (Å²) >= 11 is 3.37. The highest BCUT2D eigenvalue weighted by atomic mass is 79.9. The lowest BCUT2D eigenvalue weighted by Crippen LogP contribution is -2.38. The summed E-state index contributed by atoms with van der Waals surface area (Å²) in [6.07, 6.45) is 5.33. The molecule has 0 radical (unpaired) electrons. The van der Waals surface area contributed by atoms with Gasteiger partial charge in [0.15, 0.2) is 0 Å². The number of aryl methyl sites for hydroxylation is 1. The molecule has 0 bridgehead atoms. The first-order valence-corrected chi connectivity index (χ1v) is 6.96. The van der Waals surface area contributed by atoms with E-state index in [2.05, 4.69) is 26.0 Å². The van der Waals surface area contributed by atoms with E-state index >= 15 is 0 Å². The van der Waals surface area contributed by atoms with Gasteiger partial charge in [-0.1, -0.05) is 0 Å². The second kappa shape index (κ2) is 5.13. The Hall–Kier alpha value is -1.69. The lowest BCUT2D eigenvalue weighted by Gasteiger charge is -2.28. The Morgan fingerprint density at radius 1 is 1.42 bits per heavy atom. The van der Waals surface area contributed by atoms with Crippen molar-refractivity contribution >= 4 is 27.5 Å². The van der Waals surface area contributed by atoms with E-state index < -0.39 is 0 Å². The second-order valence-corrected chi connectivity index (χ2v) is 5.26. The van der Waals surface area contributed by atoms with Crippen molar-refractivity contribution in [2.45, 2.75) is 19.4 Å². The number of halogens is 1. The zero-order valence-electron chi connectivity index (χ0n) is 10.3. The van der Waals surface area contributed by atoms with Gasteiger partial charge < -0.3 is 4.90 Å². The van der Waals surface area contributed by atoms with Crippen LogP contribution < -0.4 is 4.90 Å². The fourth-order valence-corrected chi connectivity index (χ4v) is 2.65. The van der Waals surface area contributed by atoms with Crippen LogP contribution in [0.3, 0.4) is 0 Å². The molecule has 98 valence electrons. The van der Waals surface area contributed by atoms with Gasteiger partial charge in [-0.3, -0.25) is 9.48 Å². The van der Waals surface area contributed by atoms with E-state index in [0.717, 1.165) is 35.4 Å². The van der Waals surface area contributed by atoms with Crippen LogP contribution in [0.15, 0.2) is 35.2 Å². The van der Waals surface area contributed by atoms with E-state index in [1.54, 1.807) is 22.0 Å². The quantitative estimate of drug-likeness (QED) is 0.795. The average molecular weight is 321 g/mol. The van der Waals surface area contributed by atoms with Crippen molar-refractivity contribution in [3.05, 3.63) is 40.9 Å². The van der Waals surface area contributed by atoms with Crippen LogP contribution in [-0.2, 0) is 17.8 Å². The molecule has 3 heterocycles. The van der Waals surface area contributed by atoms with Crippen LogP contribution in [0.4, 0.5) is 5.69 Å². The monoisotopic (exact) mass is 320 g/mol. The molecule has 0 unspecified atom stereocenters. The largest absolute Gasteiger partial charge is 0.309 e. The number of nitrogens with zero attached hydrogens (tertiary/aromatic N) is 4. The van der Waals surface area contributed by atoms with Crippen LogP contribution in [-0.4, -0.2) is 27.2 Å². The number of aromatic nitrogens is 3. The minimum absolute atomic E-state index is 0.0498.